The van der Waals surface area contributed by atoms with E-state index < -0.39 is 6.04 Å². The Morgan fingerprint density at radius 3 is 2.44 bits per heavy atom. The summed E-state index contributed by atoms with van der Waals surface area (Å²) < 4.78 is 12.1. The predicted molar refractivity (Wildman–Crippen MR) is 141 cm³/mol. The van der Waals surface area contributed by atoms with Gasteiger partial charge in [-0.25, -0.2) is 4.98 Å². The highest BCUT2D eigenvalue weighted by Gasteiger charge is 2.27. The summed E-state index contributed by atoms with van der Waals surface area (Å²) in [5.74, 6) is 1.01. The predicted octanol–water partition coefficient (Wildman–Crippen LogP) is 4.83. The third-order valence-corrected chi connectivity index (χ3v) is 6.32. The van der Waals surface area contributed by atoms with Gasteiger partial charge in [-0.3, -0.25) is 14.2 Å². The van der Waals surface area contributed by atoms with Crippen LogP contribution in [-0.4, -0.2) is 47.7 Å². The van der Waals surface area contributed by atoms with Crippen LogP contribution in [0.4, 0.5) is 0 Å². The summed E-state index contributed by atoms with van der Waals surface area (Å²) in [4.78, 5) is 33.8. The number of carbonyl (C=O) groups excluding carboxylic acids is 1. The highest BCUT2D eigenvalue weighted by atomic mass is 35.5. The van der Waals surface area contributed by atoms with Gasteiger partial charge in [-0.05, 0) is 55.0 Å². The number of nitrogens with zero attached hydrogens (tertiary/aromatic N) is 3. The number of rotatable bonds is 9. The summed E-state index contributed by atoms with van der Waals surface area (Å²) >= 11 is 6.22. The first-order valence-electron chi connectivity index (χ1n) is 11.6. The molecule has 7 nitrogen and oxygen atoms in total. The van der Waals surface area contributed by atoms with E-state index in [2.05, 4.69) is 0 Å². The lowest BCUT2D eigenvalue weighted by Crippen LogP contribution is -2.40. The fourth-order valence-corrected chi connectivity index (χ4v) is 4.34. The molecule has 0 aliphatic rings. The van der Waals surface area contributed by atoms with Crippen LogP contribution in [0.25, 0.3) is 16.6 Å². The van der Waals surface area contributed by atoms with Crippen LogP contribution in [-0.2, 0) is 16.0 Å². The SMILES string of the molecule is COCCN(C(=O)Cc1ccccc1)C(C)c1nc2cc(Cl)ccc2c(=O)n1-c1ccc(OC)cc1. The van der Waals surface area contributed by atoms with E-state index in [-0.39, 0.29) is 17.9 Å². The Balaban J connectivity index is 1.85. The van der Waals surface area contributed by atoms with E-state index >= 15 is 0 Å². The van der Waals surface area contributed by atoms with Gasteiger partial charge in [-0.2, -0.15) is 0 Å². The molecule has 3 aromatic carbocycles. The third kappa shape index (κ3) is 5.42. The van der Waals surface area contributed by atoms with Crippen LogP contribution in [0, 0.1) is 0 Å². The van der Waals surface area contributed by atoms with Gasteiger partial charge >= 0.3 is 0 Å². The molecule has 0 bridgehead atoms. The van der Waals surface area contributed by atoms with Crippen molar-refractivity contribution in [1.82, 2.24) is 14.5 Å². The minimum Gasteiger partial charge on any atom is -0.497 e. The summed E-state index contributed by atoms with van der Waals surface area (Å²) in [5.41, 5.74) is 1.75. The lowest BCUT2D eigenvalue weighted by molar-refractivity contribution is -0.133. The topological polar surface area (TPSA) is 73.7 Å². The molecule has 0 fully saturated rings. The molecule has 1 heterocycles. The Kier molecular flexibility index (Phi) is 8.03. The highest BCUT2D eigenvalue weighted by molar-refractivity contribution is 6.31. The molecule has 0 saturated carbocycles. The lowest BCUT2D eigenvalue weighted by Gasteiger charge is -2.30. The van der Waals surface area contributed by atoms with Gasteiger partial charge in [0, 0.05) is 18.7 Å². The average molecular weight is 506 g/mol. The van der Waals surface area contributed by atoms with Gasteiger partial charge in [-0.15, -0.1) is 0 Å². The maximum absolute atomic E-state index is 13.7. The molecule has 0 N–H and O–H groups in total. The average Bonchev–Trinajstić information content (AvgIpc) is 2.89. The number of ether oxygens (including phenoxy) is 2. The second-order valence-electron chi connectivity index (χ2n) is 8.39. The monoisotopic (exact) mass is 505 g/mol. The normalized spacial score (nSPS) is 11.9. The molecule has 8 heteroatoms. The van der Waals surface area contributed by atoms with E-state index in [4.69, 9.17) is 26.1 Å². The minimum absolute atomic E-state index is 0.0903. The zero-order valence-electron chi connectivity index (χ0n) is 20.5. The van der Waals surface area contributed by atoms with Gasteiger partial charge in [0.25, 0.3) is 5.56 Å². The maximum Gasteiger partial charge on any atom is 0.266 e. The number of methoxy groups -OCH3 is 2. The minimum atomic E-state index is -0.533. The number of benzene rings is 3. The molecule has 0 saturated heterocycles. The zero-order chi connectivity index (χ0) is 25.7. The smallest absolute Gasteiger partial charge is 0.266 e. The van der Waals surface area contributed by atoms with Crippen molar-refractivity contribution < 1.29 is 14.3 Å². The Morgan fingerprint density at radius 1 is 1.06 bits per heavy atom. The molecule has 1 amide bonds. The summed E-state index contributed by atoms with van der Waals surface area (Å²) in [6.45, 7) is 2.56. The highest BCUT2D eigenvalue weighted by Crippen LogP contribution is 2.25. The maximum atomic E-state index is 13.7. The van der Waals surface area contributed by atoms with E-state index in [0.717, 1.165) is 5.56 Å². The summed E-state index contributed by atoms with van der Waals surface area (Å²) in [5, 5.41) is 0.914. The Hall–Kier alpha value is -3.68. The number of carbonyl (C=O) groups is 1. The molecule has 4 aromatic rings. The van der Waals surface area contributed by atoms with Crippen molar-refractivity contribution in [2.75, 3.05) is 27.4 Å². The van der Waals surface area contributed by atoms with E-state index in [1.807, 2.05) is 37.3 Å². The van der Waals surface area contributed by atoms with E-state index in [0.29, 0.717) is 46.3 Å². The zero-order valence-corrected chi connectivity index (χ0v) is 21.2. The lowest BCUT2D eigenvalue weighted by atomic mass is 10.1. The van der Waals surface area contributed by atoms with Gasteiger partial charge < -0.3 is 14.4 Å². The Bertz CT molecular complexity index is 1400. The number of aromatic nitrogens is 2. The molecule has 1 aromatic heterocycles. The fourth-order valence-electron chi connectivity index (χ4n) is 4.17. The van der Waals surface area contributed by atoms with Gasteiger partial charge in [0.15, 0.2) is 0 Å². The van der Waals surface area contributed by atoms with Crippen LogP contribution in [0.15, 0.2) is 77.6 Å². The third-order valence-electron chi connectivity index (χ3n) is 6.08. The van der Waals surface area contributed by atoms with Crippen LogP contribution in [0.5, 0.6) is 5.75 Å². The summed E-state index contributed by atoms with van der Waals surface area (Å²) in [6.07, 6.45) is 0.223. The molecule has 0 radical (unpaired) electrons. The molecule has 4 rings (SSSR count). The largest absolute Gasteiger partial charge is 0.497 e. The molecule has 1 atom stereocenters. The quantitative estimate of drug-likeness (QED) is 0.326. The van der Waals surface area contributed by atoms with Crippen molar-refractivity contribution in [1.29, 1.82) is 0 Å². The summed E-state index contributed by atoms with van der Waals surface area (Å²) in [7, 11) is 3.18. The molecule has 186 valence electrons. The van der Waals surface area contributed by atoms with Crippen molar-refractivity contribution in [3.63, 3.8) is 0 Å². The molecule has 0 aliphatic heterocycles. The van der Waals surface area contributed by atoms with Crippen LogP contribution in [0.2, 0.25) is 5.02 Å². The second kappa shape index (κ2) is 11.4. The van der Waals surface area contributed by atoms with Crippen molar-refractivity contribution in [3.05, 3.63) is 99.6 Å². The van der Waals surface area contributed by atoms with Crippen LogP contribution < -0.4 is 10.3 Å². The summed E-state index contributed by atoms with van der Waals surface area (Å²) in [6, 6.07) is 21.2. The standard InChI is InChI=1S/C28H28ClN3O4/c1-19(31(15-16-35-2)26(33)17-20-7-5-4-6-8-20)27-30-25-18-21(29)9-14-24(25)28(34)32(27)22-10-12-23(36-3)13-11-22/h4-14,18-19H,15-17H2,1-3H3. The van der Waals surface area contributed by atoms with Gasteiger partial charge in [-0.1, -0.05) is 41.9 Å². The van der Waals surface area contributed by atoms with Crippen molar-refractivity contribution in [2.24, 2.45) is 0 Å². The number of hydrogen-bond donors (Lipinski definition) is 0. The van der Waals surface area contributed by atoms with Crippen molar-refractivity contribution in [3.8, 4) is 11.4 Å². The van der Waals surface area contributed by atoms with Crippen LogP contribution in [0.3, 0.4) is 0 Å². The number of hydrogen-bond acceptors (Lipinski definition) is 5. The molecule has 1 unspecified atom stereocenters. The molecule has 36 heavy (non-hydrogen) atoms. The fraction of sp³-hybridized carbons (Fsp3) is 0.250. The van der Waals surface area contributed by atoms with Gasteiger partial charge in [0.1, 0.15) is 11.6 Å². The Labute approximate surface area is 214 Å². The number of halogens is 1. The first-order chi connectivity index (χ1) is 17.4. The van der Waals surface area contributed by atoms with E-state index in [1.54, 1.807) is 66.2 Å². The number of fused-ring (bicyclic) bond motifs is 1. The molecule has 0 aliphatic carbocycles. The molecular formula is C28H28ClN3O4. The van der Waals surface area contributed by atoms with Gasteiger partial charge in [0.2, 0.25) is 5.91 Å². The van der Waals surface area contributed by atoms with Crippen LogP contribution in [0.1, 0.15) is 24.4 Å². The second-order valence-corrected chi connectivity index (χ2v) is 8.82. The molecular weight excluding hydrogens is 478 g/mol. The van der Waals surface area contributed by atoms with E-state index in [1.165, 1.54) is 0 Å². The number of amides is 1. The van der Waals surface area contributed by atoms with Crippen molar-refractivity contribution >= 4 is 28.4 Å². The Morgan fingerprint density at radius 2 is 1.78 bits per heavy atom. The van der Waals surface area contributed by atoms with Crippen molar-refractivity contribution in [2.45, 2.75) is 19.4 Å². The first kappa shape index (κ1) is 25.4. The van der Waals surface area contributed by atoms with Gasteiger partial charge in [0.05, 0.1) is 42.8 Å². The molecule has 0 spiro atoms. The van der Waals surface area contributed by atoms with E-state index in [9.17, 15) is 9.59 Å². The van der Waals surface area contributed by atoms with Crippen LogP contribution >= 0.6 is 11.6 Å². The first-order valence-corrected chi connectivity index (χ1v) is 12.0.